The highest BCUT2D eigenvalue weighted by Gasteiger charge is 2.06. The lowest BCUT2D eigenvalue weighted by atomic mass is 10.2. The van der Waals surface area contributed by atoms with Gasteiger partial charge in [-0.2, -0.15) is 0 Å². The minimum Gasteiger partial charge on any atom is -0.378 e. The Morgan fingerprint density at radius 1 is 1.31 bits per heavy atom. The Hall–Kier alpha value is -0.870. The van der Waals surface area contributed by atoms with E-state index in [1.54, 1.807) is 22.7 Å². The zero-order valence-electron chi connectivity index (χ0n) is 9.78. The summed E-state index contributed by atoms with van der Waals surface area (Å²) in [6, 6.07) is 0. The van der Waals surface area contributed by atoms with Gasteiger partial charge in [0.2, 0.25) is 0 Å². The van der Waals surface area contributed by atoms with Gasteiger partial charge in [-0.1, -0.05) is 13.8 Å². The first-order chi connectivity index (χ1) is 7.66. The third kappa shape index (κ3) is 2.62. The van der Waals surface area contributed by atoms with E-state index in [0.29, 0.717) is 5.92 Å². The average Bonchev–Trinajstić information content (AvgIpc) is 2.83. The largest absolute Gasteiger partial charge is 0.378 e. The van der Waals surface area contributed by atoms with E-state index in [0.717, 1.165) is 12.2 Å². The molecule has 1 N–H and O–H groups in total. The normalized spacial score (nSPS) is 11.0. The predicted octanol–water partition coefficient (Wildman–Crippen LogP) is 4.25. The first kappa shape index (κ1) is 11.6. The van der Waals surface area contributed by atoms with Crippen LogP contribution >= 0.6 is 22.7 Å². The molecule has 0 bridgehead atoms. The van der Waals surface area contributed by atoms with Crippen LogP contribution in [0, 0.1) is 6.92 Å². The van der Waals surface area contributed by atoms with Gasteiger partial charge in [-0.3, -0.25) is 0 Å². The van der Waals surface area contributed by atoms with E-state index in [1.807, 2.05) is 0 Å². The fourth-order valence-corrected chi connectivity index (χ4v) is 3.04. The van der Waals surface area contributed by atoms with Crippen LogP contribution in [0.15, 0.2) is 16.1 Å². The number of nitrogens with one attached hydrogen (secondary N) is 1. The van der Waals surface area contributed by atoms with Crippen molar-refractivity contribution in [2.45, 2.75) is 33.2 Å². The third-order valence-electron chi connectivity index (χ3n) is 2.38. The second kappa shape index (κ2) is 4.97. The minimum atomic E-state index is 0.529. The maximum absolute atomic E-state index is 4.60. The van der Waals surface area contributed by atoms with Gasteiger partial charge in [0.1, 0.15) is 0 Å². The molecule has 16 heavy (non-hydrogen) atoms. The summed E-state index contributed by atoms with van der Waals surface area (Å²) in [5.41, 5.74) is 3.67. The van der Waals surface area contributed by atoms with Crippen molar-refractivity contribution in [2.75, 3.05) is 5.32 Å². The monoisotopic (exact) mass is 252 g/mol. The number of thiophene rings is 1. The van der Waals surface area contributed by atoms with Gasteiger partial charge in [-0.25, -0.2) is 4.98 Å². The lowest BCUT2D eigenvalue weighted by Crippen LogP contribution is -2.00. The van der Waals surface area contributed by atoms with E-state index < -0.39 is 0 Å². The van der Waals surface area contributed by atoms with Crippen LogP contribution in [-0.2, 0) is 6.54 Å². The van der Waals surface area contributed by atoms with E-state index in [9.17, 15) is 0 Å². The second-order valence-corrected chi connectivity index (χ2v) is 5.79. The molecule has 0 spiro atoms. The van der Waals surface area contributed by atoms with Gasteiger partial charge < -0.3 is 5.32 Å². The van der Waals surface area contributed by atoms with Crippen LogP contribution in [0.2, 0.25) is 0 Å². The van der Waals surface area contributed by atoms with Crippen LogP contribution in [0.5, 0.6) is 0 Å². The van der Waals surface area contributed by atoms with Crippen LogP contribution in [0.4, 0.5) is 5.69 Å². The summed E-state index contributed by atoms with van der Waals surface area (Å²) in [6.45, 7) is 7.30. The number of rotatable bonds is 4. The smallest absolute Gasteiger partial charge is 0.0954 e. The van der Waals surface area contributed by atoms with E-state index in [1.165, 1.54) is 16.3 Å². The molecule has 0 fully saturated rings. The zero-order chi connectivity index (χ0) is 11.5. The lowest BCUT2D eigenvalue weighted by Gasteiger charge is -2.03. The Bertz CT molecular complexity index is 457. The van der Waals surface area contributed by atoms with Crippen molar-refractivity contribution < 1.29 is 0 Å². The molecule has 0 aromatic carbocycles. The fourth-order valence-electron chi connectivity index (χ4n) is 1.40. The molecule has 2 nitrogen and oxygen atoms in total. The molecule has 0 aliphatic rings. The van der Waals surface area contributed by atoms with Gasteiger partial charge >= 0.3 is 0 Å². The summed E-state index contributed by atoms with van der Waals surface area (Å²) in [5, 5.41) is 11.1. The maximum atomic E-state index is 4.60. The third-order valence-corrected chi connectivity index (χ3v) is 4.43. The number of aryl methyl sites for hydroxylation is 1. The van der Waals surface area contributed by atoms with Crippen molar-refractivity contribution >= 4 is 28.4 Å². The molecule has 2 aromatic heterocycles. The lowest BCUT2D eigenvalue weighted by molar-refractivity contribution is 0.841. The average molecular weight is 252 g/mol. The summed E-state index contributed by atoms with van der Waals surface area (Å²) >= 11 is 3.48. The Morgan fingerprint density at radius 2 is 2.12 bits per heavy atom. The van der Waals surface area contributed by atoms with Crippen molar-refractivity contribution in [2.24, 2.45) is 0 Å². The quantitative estimate of drug-likeness (QED) is 0.880. The molecule has 0 saturated heterocycles. The Labute approximate surface area is 104 Å². The molecular weight excluding hydrogens is 236 g/mol. The van der Waals surface area contributed by atoms with Crippen molar-refractivity contribution in [3.63, 3.8) is 0 Å². The van der Waals surface area contributed by atoms with Crippen molar-refractivity contribution in [3.8, 4) is 0 Å². The number of nitrogens with zero attached hydrogens (tertiary/aromatic N) is 1. The number of anilines is 1. The highest BCUT2D eigenvalue weighted by Crippen LogP contribution is 2.22. The first-order valence-corrected chi connectivity index (χ1v) is 7.20. The van der Waals surface area contributed by atoms with Gasteiger partial charge in [-0.05, 0) is 17.9 Å². The van der Waals surface area contributed by atoms with E-state index in [-0.39, 0.29) is 0 Å². The van der Waals surface area contributed by atoms with Crippen LogP contribution in [0.1, 0.15) is 36.0 Å². The standard InChI is InChI=1S/C12H16N2S2/c1-8(2)12-14-10(6-16-12)4-13-11-7-15-5-9(11)3/h5-8,13H,4H2,1-3H3. The predicted molar refractivity (Wildman–Crippen MR) is 72.6 cm³/mol. The number of aromatic nitrogens is 1. The first-order valence-electron chi connectivity index (χ1n) is 5.37. The van der Waals surface area contributed by atoms with Gasteiger partial charge in [0.15, 0.2) is 0 Å². The number of thiazole rings is 1. The maximum Gasteiger partial charge on any atom is 0.0954 e. The molecule has 2 heterocycles. The minimum absolute atomic E-state index is 0.529. The van der Waals surface area contributed by atoms with Crippen LogP contribution in [-0.4, -0.2) is 4.98 Å². The molecule has 4 heteroatoms. The van der Waals surface area contributed by atoms with E-state index in [2.05, 4.69) is 47.2 Å². The van der Waals surface area contributed by atoms with Crippen molar-refractivity contribution in [1.82, 2.24) is 4.98 Å². The van der Waals surface area contributed by atoms with Gasteiger partial charge in [0.25, 0.3) is 0 Å². The van der Waals surface area contributed by atoms with Gasteiger partial charge in [-0.15, -0.1) is 22.7 Å². The molecule has 86 valence electrons. The van der Waals surface area contributed by atoms with Crippen LogP contribution in [0.3, 0.4) is 0 Å². The number of hydrogen-bond donors (Lipinski definition) is 1. The molecule has 0 unspecified atom stereocenters. The second-order valence-electron chi connectivity index (χ2n) is 4.15. The SMILES string of the molecule is Cc1cscc1NCc1csc(C(C)C)n1. The summed E-state index contributed by atoms with van der Waals surface area (Å²) in [4.78, 5) is 4.60. The Kier molecular flexibility index (Phi) is 3.61. The summed E-state index contributed by atoms with van der Waals surface area (Å²) in [7, 11) is 0. The summed E-state index contributed by atoms with van der Waals surface area (Å²) < 4.78 is 0. The van der Waals surface area contributed by atoms with Crippen LogP contribution in [0.25, 0.3) is 0 Å². The summed E-state index contributed by atoms with van der Waals surface area (Å²) in [5.74, 6) is 0.529. The zero-order valence-corrected chi connectivity index (χ0v) is 11.4. The molecule has 0 radical (unpaired) electrons. The fraction of sp³-hybridized carbons (Fsp3) is 0.417. The summed E-state index contributed by atoms with van der Waals surface area (Å²) in [6.07, 6.45) is 0. The molecule has 0 saturated carbocycles. The van der Waals surface area contributed by atoms with Crippen molar-refractivity contribution in [1.29, 1.82) is 0 Å². The molecule has 0 aliphatic carbocycles. The van der Waals surface area contributed by atoms with E-state index in [4.69, 9.17) is 0 Å². The number of hydrogen-bond acceptors (Lipinski definition) is 4. The Morgan fingerprint density at radius 3 is 2.69 bits per heavy atom. The van der Waals surface area contributed by atoms with Gasteiger partial charge in [0, 0.05) is 22.4 Å². The van der Waals surface area contributed by atoms with Crippen molar-refractivity contribution in [3.05, 3.63) is 32.4 Å². The molecule has 2 rings (SSSR count). The van der Waals surface area contributed by atoms with Crippen LogP contribution < -0.4 is 5.32 Å². The molecule has 2 aromatic rings. The molecule has 0 amide bonds. The molecule has 0 atom stereocenters. The van der Waals surface area contributed by atoms with Gasteiger partial charge in [0.05, 0.1) is 17.2 Å². The molecule has 0 aliphatic heterocycles. The molecular formula is C12H16N2S2. The Balaban J connectivity index is 1.97. The highest BCUT2D eigenvalue weighted by molar-refractivity contribution is 7.09. The van der Waals surface area contributed by atoms with E-state index >= 15 is 0 Å². The highest BCUT2D eigenvalue weighted by atomic mass is 32.1. The topological polar surface area (TPSA) is 24.9 Å².